The van der Waals surface area contributed by atoms with Crippen molar-refractivity contribution in [3.8, 4) is 0 Å². The summed E-state index contributed by atoms with van der Waals surface area (Å²) < 4.78 is 11.3. The molecule has 6 heteroatoms. The van der Waals surface area contributed by atoms with Crippen LogP contribution in [-0.2, 0) is 10.8 Å². The third kappa shape index (κ3) is 4.21. The quantitative estimate of drug-likeness (QED) is 0.818. The number of hydrogen-bond acceptors (Lipinski definition) is 4. The second-order valence-corrected chi connectivity index (χ2v) is 6.77. The fraction of sp³-hybridized carbons (Fsp3) is 0.667. The Balaban J connectivity index is 2.68. The summed E-state index contributed by atoms with van der Waals surface area (Å²) in [6, 6.07) is 0. The van der Waals surface area contributed by atoms with Gasteiger partial charge in [0.05, 0.1) is 0 Å². The molecule has 102 valence electrons. The van der Waals surface area contributed by atoms with Gasteiger partial charge in [-0.05, 0) is 12.3 Å². The molecule has 1 aromatic rings. The van der Waals surface area contributed by atoms with Crippen LogP contribution in [0.4, 0.5) is 5.82 Å². The van der Waals surface area contributed by atoms with Gasteiger partial charge in [-0.3, -0.25) is 4.21 Å². The Labute approximate surface area is 116 Å². The van der Waals surface area contributed by atoms with Crippen LogP contribution in [0.25, 0.3) is 0 Å². The first-order chi connectivity index (χ1) is 8.43. The van der Waals surface area contributed by atoms with Crippen molar-refractivity contribution >= 4 is 28.2 Å². The summed E-state index contributed by atoms with van der Waals surface area (Å²) in [6.07, 6.45) is 4.02. The topological polar surface area (TPSA) is 54.9 Å². The third-order valence-electron chi connectivity index (χ3n) is 2.82. The lowest BCUT2D eigenvalue weighted by Gasteiger charge is -2.15. The van der Waals surface area contributed by atoms with E-state index in [2.05, 4.69) is 29.1 Å². The fourth-order valence-corrected chi connectivity index (χ4v) is 2.39. The molecule has 0 radical (unpaired) electrons. The Morgan fingerprint density at radius 2 is 2.06 bits per heavy atom. The third-order valence-corrected chi connectivity index (χ3v) is 4.49. The molecule has 0 aliphatic carbocycles. The van der Waals surface area contributed by atoms with E-state index in [1.807, 2.05) is 6.92 Å². The molecule has 2 unspecified atom stereocenters. The lowest BCUT2D eigenvalue weighted by molar-refractivity contribution is 0.672. The molecule has 1 N–H and O–H groups in total. The number of halogens is 1. The summed E-state index contributed by atoms with van der Waals surface area (Å²) in [5.41, 5.74) is 0.935. The molecule has 0 aliphatic heterocycles. The van der Waals surface area contributed by atoms with Crippen molar-refractivity contribution < 1.29 is 4.21 Å². The molecular weight excluding hydrogens is 270 g/mol. The van der Waals surface area contributed by atoms with Gasteiger partial charge in [-0.2, -0.15) is 0 Å². The van der Waals surface area contributed by atoms with E-state index < -0.39 is 10.8 Å². The van der Waals surface area contributed by atoms with Gasteiger partial charge in [0.25, 0.3) is 0 Å². The van der Waals surface area contributed by atoms with Crippen LogP contribution in [-0.4, -0.2) is 32.2 Å². The van der Waals surface area contributed by atoms with Crippen LogP contribution < -0.4 is 5.32 Å². The lowest BCUT2D eigenvalue weighted by Crippen LogP contribution is -2.16. The highest BCUT2D eigenvalue weighted by atomic mass is 35.5. The molecule has 1 heterocycles. The van der Waals surface area contributed by atoms with Gasteiger partial charge in [-0.25, -0.2) is 9.97 Å². The molecule has 4 nitrogen and oxygen atoms in total. The highest BCUT2D eigenvalue weighted by molar-refractivity contribution is 7.84. The maximum atomic E-state index is 11.3. The van der Waals surface area contributed by atoms with Crippen molar-refractivity contribution in [2.24, 2.45) is 0 Å². The van der Waals surface area contributed by atoms with Crippen LogP contribution in [0, 0.1) is 0 Å². The zero-order valence-corrected chi connectivity index (χ0v) is 12.8. The van der Waals surface area contributed by atoms with Crippen LogP contribution in [0.1, 0.15) is 38.7 Å². The van der Waals surface area contributed by atoms with Crippen molar-refractivity contribution in [2.45, 2.75) is 38.4 Å². The highest BCUT2D eigenvalue weighted by Gasteiger charge is 2.13. The SMILES string of the molecule is CC(C)c1c(Cl)ncnc1NCCC(C)S(C)=O. The van der Waals surface area contributed by atoms with E-state index >= 15 is 0 Å². The molecule has 0 saturated carbocycles. The lowest BCUT2D eigenvalue weighted by atomic mass is 10.1. The summed E-state index contributed by atoms with van der Waals surface area (Å²) in [7, 11) is -0.786. The monoisotopic (exact) mass is 289 g/mol. The molecule has 0 bridgehead atoms. The Bertz CT molecular complexity index is 426. The maximum Gasteiger partial charge on any atom is 0.138 e. The van der Waals surface area contributed by atoms with Gasteiger partial charge in [-0.1, -0.05) is 32.4 Å². The summed E-state index contributed by atoms with van der Waals surface area (Å²) in [6.45, 7) is 6.82. The molecular formula is C12H20ClN3OS. The summed E-state index contributed by atoms with van der Waals surface area (Å²) in [5, 5.41) is 3.92. The van der Waals surface area contributed by atoms with Crippen molar-refractivity contribution in [1.82, 2.24) is 9.97 Å². The van der Waals surface area contributed by atoms with Crippen LogP contribution in [0.5, 0.6) is 0 Å². The molecule has 0 spiro atoms. The Morgan fingerprint density at radius 1 is 1.39 bits per heavy atom. The predicted molar refractivity (Wildman–Crippen MR) is 77.8 cm³/mol. The van der Waals surface area contributed by atoms with E-state index in [0.717, 1.165) is 24.3 Å². The molecule has 0 aliphatic rings. The maximum absolute atomic E-state index is 11.3. The van der Waals surface area contributed by atoms with Gasteiger partial charge in [0, 0.05) is 34.4 Å². The van der Waals surface area contributed by atoms with Crippen molar-refractivity contribution in [3.63, 3.8) is 0 Å². The molecule has 0 saturated heterocycles. The number of anilines is 1. The number of hydrogen-bond donors (Lipinski definition) is 1. The normalized spacial score (nSPS) is 14.6. The largest absolute Gasteiger partial charge is 0.370 e. The smallest absolute Gasteiger partial charge is 0.138 e. The van der Waals surface area contributed by atoms with Gasteiger partial charge in [0.1, 0.15) is 17.3 Å². The van der Waals surface area contributed by atoms with Crippen LogP contribution in [0.3, 0.4) is 0 Å². The van der Waals surface area contributed by atoms with Crippen molar-refractivity contribution in [3.05, 3.63) is 17.0 Å². The zero-order valence-electron chi connectivity index (χ0n) is 11.2. The average molecular weight is 290 g/mol. The van der Waals surface area contributed by atoms with Crippen molar-refractivity contribution in [1.29, 1.82) is 0 Å². The van der Waals surface area contributed by atoms with E-state index in [1.165, 1.54) is 6.33 Å². The molecule has 18 heavy (non-hydrogen) atoms. The first-order valence-corrected chi connectivity index (χ1v) is 7.99. The van der Waals surface area contributed by atoms with Gasteiger partial charge in [0.15, 0.2) is 0 Å². The van der Waals surface area contributed by atoms with Gasteiger partial charge in [0.2, 0.25) is 0 Å². The van der Waals surface area contributed by atoms with Gasteiger partial charge in [-0.15, -0.1) is 0 Å². The zero-order chi connectivity index (χ0) is 13.7. The second kappa shape index (κ2) is 7.04. The van der Waals surface area contributed by atoms with E-state index in [-0.39, 0.29) is 11.2 Å². The summed E-state index contributed by atoms with van der Waals surface area (Å²) >= 11 is 6.08. The summed E-state index contributed by atoms with van der Waals surface area (Å²) in [4.78, 5) is 8.22. The van der Waals surface area contributed by atoms with E-state index in [1.54, 1.807) is 6.26 Å². The number of rotatable bonds is 6. The minimum atomic E-state index is -0.786. The molecule has 1 aromatic heterocycles. The Morgan fingerprint density at radius 3 is 2.61 bits per heavy atom. The van der Waals surface area contributed by atoms with Crippen LogP contribution >= 0.6 is 11.6 Å². The molecule has 2 atom stereocenters. The standard InChI is InChI=1S/C12H20ClN3OS/c1-8(2)10-11(13)15-7-16-12(10)14-6-5-9(3)18(4)17/h7-9H,5-6H2,1-4H3,(H,14,15,16). The molecule has 0 fully saturated rings. The molecule has 0 amide bonds. The van der Waals surface area contributed by atoms with Gasteiger partial charge < -0.3 is 5.32 Å². The second-order valence-electron chi connectivity index (χ2n) is 4.61. The Hall–Kier alpha value is -0.680. The number of aromatic nitrogens is 2. The highest BCUT2D eigenvalue weighted by Crippen LogP contribution is 2.27. The van der Waals surface area contributed by atoms with Crippen LogP contribution in [0.2, 0.25) is 5.15 Å². The molecule has 0 aromatic carbocycles. The van der Waals surface area contributed by atoms with E-state index in [9.17, 15) is 4.21 Å². The first kappa shape index (κ1) is 15.4. The average Bonchev–Trinajstić information content (AvgIpc) is 2.28. The van der Waals surface area contributed by atoms with Gasteiger partial charge >= 0.3 is 0 Å². The van der Waals surface area contributed by atoms with E-state index in [4.69, 9.17) is 11.6 Å². The van der Waals surface area contributed by atoms with E-state index in [0.29, 0.717) is 5.15 Å². The van der Waals surface area contributed by atoms with Crippen molar-refractivity contribution in [2.75, 3.05) is 18.1 Å². The minimum Gasteiger partial charge on any atom is -0.370 e. The first-order valence-electron chi connectivity index (χ1n) is 6.00. The minimum absolute atomic E-state index is 0.178. The summed E-state index contributed by atoms with van der Waals surface area (Å²) in [5.74, 6) is 1.04. The number of nitrogens with one attached hydrogen (secondary N) is 1. The molecule has 1 rings (SSSR count). The van der Waals surface area contributed by atoms with Crippen LogP contribution in [0.15, 0.2) is 6.33 Å². The number of nitrogens with zero attached hydrogens (tertiary/aromatic N) is 2. The predicted octanol–water partition coefficient (Wildman–Crippen LogP) is 2.82. The fourth-order valence-electron chi connectivity index (χ4n) is 1.59. The Kier molecular flexibility index (Phi) is 6.02.